The van der Waals surface area contributed by atoms with Crippen LogP contribution in [0.15, 0.2) is 60.7 Å². The zero-order valence-corrected chi connectivity index (χ0v) is 18.1. The van der Waals surface area contributed by atoms with Crippen molar-refractivity contribution in [2.45, 2.75) is 13.8 Å². The minimum atomic E-state index is -0.581. The second-order valence-electron chi connectivity index (χ2n) is 7.47. The SMILES string of the molecule is COc1ccc(-c2nc3ccc(C(=O)OCC(=O)Nc4ccc(C)c(C)c4)cc3[nH]2)cc1. The highest BCUT2D eigenvalue weighted by molar-refractivity contribution is 5.97. The lowest BCUT2D eigenvalue weighted by molar-refractivity contribution is -0.119. The number of anilines is 1. The Kier molecular flexibility index (Phi) is 5.89. The summed E-state index contributed by atoms with van der Waals surface area (Å²) in [7, 11) is 1.61. The van der Waals surface area contributed by atoms with Gasteiger partial charge in [0.05, 0.1) is 23.7 Å². The van der Waals surface area contributed by atoms with Crippen LogP contribution in [0.5, 0.6) is 5.75 Å². The van der Waals surface area contributed by atoms with Crippen LogP contribution in [0, 0.1) is 13.8 Å². The van der Waals surface area contributed by atoms with Crippen LogP contribution in [0.25, 0.3) is 22.4 Å². The highest BCUT2D eigenvalue weighted by atomic mass is 16.5. The fourth-order valence-electron chi connectivity index (χ4n) is 3.25. The summed E-state index contributed by atoms with van der Waals surface area (Å²) >= 11 is 0. The molecule has 32 heavy (non-hydrogen) atoms. The van der Waals surface area contributed by atoms with Crippen molar-refractivity contribution < 1.29 is 19.1 Å². The van der Waals surface area contributed by atoms with Gasteiger partial charge in [-0.3, -0.25) is 4.79 Å². The Morgan fingerprint density at radius 1 is 0.969 bits per heavy atom. The first-order chi connectivity index (χ1) is 15.4. The van der Waals surface area contributed by atoms with E-state index in [9.17, 15) is 9.59 Å². The maximum atomic E-state index is 12.4. The lowest BCUT2D eigenvalue weighted by Gasteiger charge is -2.08. The van der Waals surface area contributed by atoms with Crippen LogP contribution in [0.4, 0.5) is 5.69 Å². The van der Waals surface area contributed by atoms with Crippen molar-refractivity contribution in [2.24, 2.45) is 0 Å². The normalized spacial score (nSPS) is 10.7. The van der Waals surface area contributed by atoms with E-state index in [1.165, 1.54) is 0 Å². The van der Waals surface area contributed by atoms with E-state index < -0.39 is 11.9 Å². The molecule has 4 aromatic rings. The van der Waals surface area contributed by atoms with Crippen LogP contribution >= 0.6 is 0 Å². The number of hydrogen-bond donors (Lipinski definition) is 2. The molecule has 0 unspecified atom stereocenters. The number of rotatable bonds is 6. The Hall–Kier alpha value is -4.13. The fraction of sp³-hybridized carbons (Fsp3) is 0.160. The molecule has 0 saturated carbocycles. The third-order valence-electron chi connectivity index (χ3n) is 5.21. The number of ether oxygens (including phenoxy) is 2. The number of nitrogens with one attached hydrogen (secondary N) is 2. The molecule has 7 heteroatoms. The van der Waals surface area contributed by atoms with E-state index in [1.54, 1.807) is 25.3 Å². The Labute approximate surface area is 185 Å². The summed E-state index contributed by atoms with van der Waals surface area (Å²) in [4.78, 5) is 32.4. The van der Waals surface area contributed by atoms with Gasteiger partial charge < -0.3 is 19.8 Å². The number of carbonyl (C=O) groups is 2. The van der Waals surface area contributed by atoms with Crippen molar-refractivity contribution >= 4 is 28.6 Å². The fourth-order valence-corrected chi connectivity index (χ4v) is 3.25. The van der Waals surface area contributed by atoms with Crippen molar-refractivity contribution in [3.8, 4) is 17.1 Å². The molecule has 0 aliphatic carbocycles. The molecule has 3 aromatic carbocycles. The molecule has 2 N–H and O–H groups in total. The first-order valence-electron chi connectivity index (χ1n) is 10.1. The number of esters is 1. The largest absolute Gasteiger partial charge is 0.497 e. The number of aromatic amines is 1. The van der Waals surface area contributed by atoms with Crippen LogP contribution in [0.1, 0.15) is 21.5 Å². The first kappa shape index (κ1) is 21.1. The summed E-state index contributed by atoms with van der Waals surface area (Å²) in [6, 6.07) is 18.2. The molecule has 7 nitrogen and oxygen atoms in total. The quantitative estimate of drug-likeness (QED) is 0.435. The maximum absolute atomic E-state index is 12.4. The van der Waals surface area contributed by atoms with E-state index in [2.05, 4.69) is 15.3 Å². The number of methoxy groups -OCH3 is 1. The van der Waals surface area contributed by atoms with Gasteiger partial charge in [-0.05, 0) is 79.6 Å². The topological polar surface area (TPSA) is 93.3 Å². The lowest BCUT2D eigenvalue weighted by atomic mass is 10.1. The van der Waals surface area contributed by atoms with Crippen LogP contribution in [0.2, 0.25) is 0 Å². The van der Waals surface area contributed by atoms with Gasteiger partial charge in [-0.1, -0.05) is 6.07 Å². The summed E-state index contributed by atoms with van der Waals surface area (Å²) in [5.74, 6) is 0.464. The van der Waals surface area contributed by atoms with Gasteiger partial charge in [0.25, 0.3) is 5.91 Å². The van der Waals surface area contributed by atoms with E-state index >= 15 is 0 Å². The summed E-state index contributed by atoms with van der Waals surface area (Å²) in [6.07, 6.45) is 0. The van der Waals surface area contributed by atoms with Gasteiger partial charge in [-0.2, -0.15) is 0 Å². The minimum Gasteiger partial charge on any atom is -0.497 e. The van der Waals surface area contributed by atoms with E-state index in [1.807, 2.05) is 56.3 Å². The highest BCUT2D eigenvalue weighted by Gasteiger charge is 2.13. The predicted molar refractivity (Wildman–Crippen MR) is 123 cm³/mol. The molecule has 0 spiro atoms. The molecular formula is C25H23N3O4. The second kappa shape index (κ2) is 8.93. The van der Waals surface area contributed by atoms with Crippen LogP contribution in [-0.2, 0) is 9.53 Å². The second-order valence-corrected chi connectivity index (χ2v) is 7.47. The van der Waals surface area contributed by atoms with Crippen molar-refractivity contribution in [3.05, 3.63) is 77.4 Å². The van der Waals surface area contributed by atoms with Crippen molar-refractivity contribution in [1.29, 1.82) is 0 Å². The number of imidazole rings is 1. The van der Waals surface area contributed by atoms with E-state index in [0.717, 1.165) is 28.0 Å². The number of benzene rings is 3. The summed E-state index contributed by atoms with van der Waals surface area (Å²) in [5, 5.41) is 2.73. The van der Waals surface area contributed by atoms with Crippen LogP contribution in [-0.4, -0.2) is 35.6 Å². The third-order valence-corrected chi connectivity index (χ3v) is 5.21. The molecule has 1 aromatic heterocycles. The first-order valence-corrected chi connectivity index (χ1v) is 10.1. The van der Waals surface area contributed by atoms with Gasteiger partial charge in [-0.25, -0.2) is 9.78 Å². The van der Waals surface area contributed by atoms with Gasteiger partial charge in [0, 0.05) is 11.3 Å². The Bertz CT molecular complexity index is 1290. The van der Waals surface area contributed by atoms with E-state index in [-0.39, 0.29) is 6.61 Å². The van der Waals surface area contributed by atoms with Crippen molar-refractivity contribution in [3.63, 3.8) is 0 Å². The van der Waals surface area contributed by atoms with Crippen molar-refractivity contribution in [1.82, 2.24) is 9.97 Å². The lowest BCUT2D eigenvalue weighted by Crippen LogP contribution is -2.21. The molecule has 0 aliphatic rings. The van der Waals surface area contributed by atoms with Gasteiger partial charge in [0.2, 0.25) is 0 Å². The third kappa shape index (κ3) is 4.62. The monoisotopic (exact) mass is 429 g/mol. The number of aromatic nitrogens is 2. The van der Waals surface area contributed by atoms with E-state index in [4.69, 9.17) is 9.47 Å². The number of H-pyrrole nitrogens is 1. The minimum absolute atomic E-state index is 0.335. The van der Waals surface area contributed by atoms with Crippen molar-refractivity contribution in [2.75, 3.05) is 19.0 Å². The van der Waals surface area contributed by atoms with Gasteiger partial charge in [0.1, 0.15) is 11.6 Å². The number of aryl methyl sites for hydroxylation is 2. The Morgan fingerprint density at radius 3 is 2.47 bits per heavy atom. The summed E-state index contributed by atoms with van der Waals surface area (Å²) in [5.41, 5.74) is 5.53. The zero-order valence-electron chi connectivity index (χ0n) is 18.1. The molecule has 0 radical (unpaired) electrons. The molecular weight excluding hydrogens is 406 g/mol. The summed E-state index contributed by atoms with van der Waals surface area (Å²) < 4.78 is 10.4. The molecule has 162 valence electrons. The number of carbonyl (C=O) groups excluding carboxylic acids is 2. The highest BCUT2D eigenvalue weighted by Crippen LogP contribution is 2.23. The van der Waals surface area contributed by atoms with Gasteiger partial charge >= 0.3 is 5.97 Å². The number of nitrogens with zero attached hydrogens (tertiary/aromatic N) is 1. The number of hydrogen-bond acceptors (Lipinski definition) is 5. The van der Waals surface area contributed by atoms with E-state index in [0.29, 0.717) is 22.6 Å². The number of fused-ring (bicyclic) bond motifs is 1. The zero-order chi connectivity index (χ0) is 22.7. The smallest absolute Gasteiger partial charge is 0.338 e. The summed E-state index contributed by atoms with van der Waals surface area (Å²) in [6.45, 7) is 3.60. The molecule has 0 bridgehead atoms. The van der Waals surface area contributed by atoms with Crippen LogP contribution in [0.3, 0.4) is 0 Å². The average Bonchev–Trinajstić information content (AvgIpc) is 3.23. The number of amides is 1. The Morgan fingerprint density at radius 2 is 1.75 bits per heavy atom. The average molecular weight is 429 g/mol. The van der Waals surface area contributed by atoms with Gasteiger partial charge in [0.15, 0.2) is 6.61 Å². The maximum Gasteiger partial charge on any atom is 0.338 e. The molecule has 0 fully saturated rings. The molecule has 0 saturated heterocycles. The molecule has 0 atom stereocenters. The molecule has 4 rings (SSSR count). The molecule has 0 aliphatic heterocycles. The van der Waals surface area contributed by atoms with Gasteiger partial charge in [-0.15, -0.1) is 0 Å². The standard InChI is InChI=1S/C25H23N3O4/c1-15-4-8-19(12-16(15)2)26-23(29)14-32-25(30)18-7-11-21-22(13-18)28-24(27-21)17-5-9-20(31-3)10-6-17/h4-13H,14H2,1-3H3,(H,26,29)(H,27,28). The van der Waals surface area contributed by atoms with Crippen LogP contribution < -0.4 is 10.1 Å². The Balaban J connectivity index is 1.41. The predicted octanol–water partition coefficient (Wildman–Crippen LogP) is 4.65. The molecule has 1 heterocycles. The molecule has 1 amide bonds.